The molecule has 0 saturated heterocycles. The summed E-state index contributed by atoms with van der Waals surface area (Å²) in [4.78, 5) is 4.47. The largest absolute Gasteiger partial charge is 1.00 e. The maximum Gasteiger partial charge on any atom is 1.00 e. The van der Waals surface area contributed by atoms with E-state index in [4.69, 9.17) is 0 Å². The average molecular weight is 304 g/mol. The van der Waals surface area contributed by atoms with Crippen LogP contribution >= 0.6 is 0 Å². The standard InChI is InChI=1S/C12H26O5S.Na/c1-3-4-5-6-7-8-9-10-11-12(2)16-17-18(13,14)15;/h12H,3-11H2,1-2H3,(H,13,14,15);/q;+1/p-1. The number of rotatable bonds is 12. The van der Waals surface area contributed by atoms with Crippen LogP contribution in [0.1, 0.15) is 71.6 Å². The van der Waals surface area contributed by atoms with Gasteiger partial charge in [-0.3, -0.25) is 0 Å². The SMILES string of the molecule is CCCCCCCCCCC(C)OOS(=O)(=O)[O-].[Na+]. The molecule has 0 radical (unpaired) electrons. The van der Waals surface area contributed by atoms with Gasteiger partial charge in [-0.05, 0) is 13.3 Å². The van der Waals surface area contributed by atoms with E-state index in [9.17, 15) is 13.0 Å². The summed E-state index contributed by atoms with van der Waals surface area (Å²) in [6.45, 7) is 3.89. The van der Waals surface area contributed by atoms with E-state index in [1.807, 2.05) is 0 Å². The molecule has 0 saturated carbocycles. The van der Waals surface area contributed by atoms with Crippen LogP contribution in [0.15, 0.2) is 0 Å². The van der Waals surface area contributed by atoms with E-state index >= 15 is 0 Å². The molecule has 0 rings (SSSR count). The van der Waals surface area contributed by atoms with Crippen molar-refractivity contribution in [3.05, 3.63) is 0 Å². The first-order valence-electron chi connectivity index (χ1n) is 6.76. The molecule has 0 bridgehead atoms. The zero-order chi connectivity index (χ0) is 13.9. The van der Waals surface area contributed by atoms with Gasteiger partial charge in [0, 0.05) is 0 Å². The Kier molecular flexibility index (Phi) is 16.1. The first-order chi connectivity index (χ1) is 8.45. The first-order valence-corrected chi connectivity index (χ1v) is 8.10. The quantitative estimate of drug-likeness (QED) is 0.130. The van der Waals surface area contributed by atoms with Gasteiger partial charge in [-0.2, -0.15) is 0 Å². The molecular formula is C12H25NaO5S. The van der Waals surface area contributed by atoms with Crippen LogP contribution in [-0.2, 0) is 19.6 Å². The molecule has 0 amide bonds. The molecule has 7 heteroatoms. The van der Waals surface area contributed by atoms with Gasteiger partial charge in [-0.1, -0.05) is 58.3 Å². The Morgan fingerprint density at radius 3 is 1.95 bits per heavy atom. The Morgan fingerprint density at radius 1 is 1.00 bits per heavy atom. The van der Waals surface area contributed by atoms with Crippen molar-refractivity contribution < 1.29 is 51.7 Å². The van der Waals surface area contributed by atoms with Crippen molar-refractivity contribution in [3.63, 3.8) is 0 Å². The molecule has 5 nitrogen and oxygen atoms in total. The summed E-state index contributed by atoms with van der Waals surface area (Å²) in [6.07, 6.45) is 10.0. The van der Waals surface area contributed by atoms with Gasteiger partial charge < -0.3 is 4.55 Å². The smallest absolute Gasteiger partial charge is 0.724 e. The maximum atomic E-state index is 10.1. The molecule has 1 unspecified atom stereocenters. The third kappa shape index (κ3) is 18.8. The van der Waals surface area contributed by atoms with Gasteiger partial charge in [0.25, 0.3) is 0 Å². The van der Waals surface area contributed by atoms with Crippen molar-refractivity contribution in [2.24, 2.45) is 0 Å². The Bertz CT molecular complexity index is 282. The van der Waals surface area contributed by atoms with Crippen LogP contribution in [0.2, 0.25) is 0 Å². The molecule has 19 heavy (non-hydrogen) atoms. The van der Waals surface area contributed by atoms with E-state index in [2.05, 4.69) is 16.1 Å². The van der Waals surface area contributed by atoms with E-state index in [1.54, 1.807) is 6.92 Å². The van der Waals surface area contributed by atoms with E-state index in [1.165, 1.54) is 38.5 Å². The Labute approximate surface area is 139 Å². The normalized spacial score (nSPS) is 13.0. The van der Waals surface area contributed by atoms with Gasteiger partial charge in [0.15, 0.2) is 0 Å². The van der Waals surface area contributed by atoms with Crippen LogP contribution in [0.5, 0.6) is 0 Å². The number of hydrogen-bond donors (Lipinski definition) is 0. The molecule has 0 spiro atoms. The molecule has 0 aliphatic rings. The van der Waals surface area contributed by atoms with Crippen LogP contribution in [-0.4, -0.2) is 19.1 Å². The van der Waals surface area contributed by atoms with E-state index < -0.39 is 10.4 Å². The second-order valence-electron chi connectivity index (χ2n) is 4.65. The predicted molar refractivity (Wildman–Crippen MR) is 68.6 cm³/mol. The van der Waals surface area contributed by atoms with Crippen molar-refractivity contribution >= 4 is 10.4 Å². The van der Waals surface area contributed by atoms with Crippen LogP contribution < -0.4 is 29.6 Å². The minimum absolute atomic E-state index is 0. The van der Waals surface area contributed by atoms with Gasteiger partial charge in [0.2, 0.25) is 10.4 Å². The van der Waals surface area contributed by atoms with Crippen molar-refractivity contribution in [2.75, 3.05) is 0 Å². The van der Waals surface area contributed by atoms with Crippen molar-refractivity contribution in [1.29, 1.82) is 0 Å². The van der Waals surface area contributed by atoms with E-state index in [0.29, 0.717) is 6.42 Å². The summed E-state index contributed by atoms with van der Waals surface area (Å²) < 4.78 is 34.1. The molecule has 0 fully saturated rings. The van der Waals surface area contributed by atoms with Crippen molar-refractivity contribution in [3.8, 4) is 0 Å². The molecule has 0 aromatic carbocycles. The summed E-state index contributed by atoms with van der Waals surface area (Å²) in [7, 11) is -4.74. The molecule has 110 valence electrons. The average Bonchev–Trinajstić information content (AvgIpc) is 2.29. The van der Waals surface area contributed by atoms with Crippen LogP contribution in [0.4, 0.5) is 0 Å². The summed E-state index contributed by atoms with van der Waals surface area (Å²) in [6, 6.07) is 0. The third-order valence-corrected chi connectivity index (χ3v) is 3.00. The monoisotopic (exact) mass is 304 g/mol. The molecule has 0 heterocycles. The van der Waals surface area contributed by atoms with Gasteiger partial charge in [0.1, 0.15) is 0 Å². The van der Waals surface area contributed by atoms with Crippen LogP contribution in [0, 0.1) is 0 Å². The van der Waals surface area contributed by atoms with Gasteiger partial charge in [0.05, 0.1) is 6.10 Å². The van der Waals surface area contributed by atoms with Gasteiger partial charge >= 0.3 is 29.6 Å². The molecular weight excluding hydrogens is 279 g/mol. The summed E-state index contributed by atoms with van der Waals surface area (Å²) in [5, 5.41) is 0. The minimum atomic E-state index is -4.74. The third-order valence-electron chi connectivity index (χ3n) is 2.75. The molecule has 0 N–H and O–H groups in total. The van der Waals surface area contributed by atoms with Crippen molar-refractivity contribution in [2.45, 2.75) is 77.7 Å². The zero-order valence-electron chi connectivity index (χ0n) is 12.4. The zero-order valence-corrected chi connectivity index (χ0v) is 15.2. The minimum Gasteiger partial charge on any atom is -0.724 e. The van der Waals surface area contributed by atoms with E-state index in [0.717, 1.165) is 12.8 Å². The van der Waals surface area contributed by atoms with E-state index in [-0.39, 0.29) is 35.7 Å². The predicted octanol–water partition coefficient (Wildman–Crippen LogP) is 0.318. The molecule has 0 aliphatic heterocycles. The van der Waals surface area contributed by atoms with Crippen LogP contribution in [0.3, 0.4) is 0 Å². The molecule has 1 atom stereocenters. The Balaban J connectivity index is 0. The second-order valence-corrected chi connectivity index (χ2v) is 5.60. The molecule has 0 aliphatic carbocycles. The Hall–Kier alpha value is 0.830. The van der Waals surface area contributed by atoms with Gasteiger partial charge in [-0.25, -0.2) is 13.3 Å². The fourth-order valence-corrected chi connectivity index (χ4v) is 1.96. The molecule has 0 aromatic heterocycles. The first kappa shape index (κ1) is 22.1. The number of hydrogen-bond acceptors (Lipinski definition) is 5. The van der Waals surface area contributed by atoms with Crippen LogP contribution in [0.25, 0.3) is 0 Å². The van der Waals surface area contributed by atoms with Gasteiger partial charge in [-0.15, -0.1) is 4.33 Å². The summed E-state index contributed by atoms with van der Waals surface area (Å²) in [5.41, 5.74) is 0. The maximum absolute atomic E-state index is 10.1. The van der Waals surface area contributed by atoms with Crippen molar-refractivity contribution in [1.82, 2.24) is 0 Å². The number of unbranched alkanes of at least 4 members (excludes halogenated alkanes) is 7. The fourth-order valence-electron chi connectivity index (χ4n) is 1.73. The Morgan fingerprint density at radius 2 is 1.47 bits per heavy atom. The second kappa shape index (κ2) is 13.8. The fraction of sp³-hybridized carbons (Fsp3) is 1.00. The molecule has 0 aromatic rings. The summed E-state index contributed by atoms with van der Waals surface area (Å²) in [5.74, 6) is 0. The summed E-state index contributed by atoms with van der Waals surface area (Å²) >= 11 is 0. The topological polar surface area (TPSA) is 75.7 Å².